The highest BCUT2D eigenvalue weighted by atomic mass is 32.2. The largest absolute Gasteiger partial charge is 0.298 e. The second-order valence-electron chi connectivity index (χ2n) is 9.49. The van der Waals surface area contributed by atoms with E-state index in [2.05, 4.69) is 39.2 Å². The predicted molar refractivity (Wildman–Crippen MR) is 133 cm³/mol. The fraction of sp³-hybridized carbons (Fsp3) is 0.440. The first-order valence-corrected chi connectivity index (χ1v) is 13.5. The Morgan fingerprint density at radius 2 is 2.12 bits per heavy atom. The van der Waals surface area contributed by atoms with E-state index in [1.807, 2.05) is 19.1 Å². The standard InChI is InChI=1S/C25H27N5OS2/c1-15-5-3-9-29-22(31)13-19(26-23(15)29)14-33-25-28-27-24(21-6-4-10-32-21)30(25)16(2)20-12-17-7-8-18(20)11-17/h3-6,9-10,13,16-18,20H,7-8,11-12,14H2,1-2H3. The number of pyridine rings is 1. The molecule has 6 nitrogen and oxygen atoms in total. The number of aryl methyl sites for hydroxylation is 1. The second-order valence-corrected chi connectivity index (χ2v) is 11.4. The van der Waals surface area contributed by atoms with Gasteiger partial charge in [0.25, 0.3) is 5.56 Å². The number of aromatic nitrogens is 5. The molecule has 4 aromatic rings. The lowest BCUT2D eigenvalue weighted by molar-refractivity contribution is 0.235. The number of rotatable bonds is 6. The average Bonchev–Trinajstić information content (AvgIpc) is 3.62. The minimum Gasteiger partial charge on any atom is -0.298 e. The Morgan fingerprint density at radius 1 is 1.21 bits per heavy atom. The predicted octanol–water partition coefficient (Wildman–Crippen LogP) is 5.61. The van der Waals surface area contributed by atoms with Gasteiger partial charge < -0.3 is 0 Å². The molecule has 0 saturated heterocycles. The molecule has 33 heavy (non-hydrogen) atoms. The summed E-state index contributed by atoms with van der Waals surface area (Å²) in [6.45, 7) is 4.33. The Morgan fingerprint density at radius 3 is 2.88 bits per heavy atom. The molecule has 4 unspecified atom stereocenters. The van der Waals surface area contributed by atoms with Crippen molar-refractivity contribution in [2.75, 3.05) is 0 Å². The summed E-state index contributed by atoms with van der Waals surface area (Å²) >= 11 is 3.34. The minimum absolute atomic E-state index is 0.0459. The van der Waals surface area contributed by atoms with Crippen LogP contribution in [-0.2, 0) is 5.75 Å². The minimum atomic E-state index is -0.0459. The van der Waals surface area contributed by atoms with E-state index in [-0.39, 0.29) is 5.56 Å². The number of hydrogen-bond acceptors (Lipinski definition) is 6. The molecule has 2 bridgehead atoms. The van der Waals surface area contributed by atoms with Crippen LogP contribution >= 0.6 is 23.1 Å². The molecular formula is C25H27N5OS2. The maximum atomic E-state index is 12.6. The van der Waals surface area contributed by atoms with E-state index in [0.717, 1.165) is 44.6 Å². The van der Waals surface area contributed by atoms with Gasteiger partial charge in [0, 0.05) is 24.1 Å². The Balaban J connectivity index is 1.33. The first-order valence-electron chi connectivity index (χ1n) is 11.7. The van der Waals surface area contributed by atoms with E-state index in [0.29, 0.717) is 17.7 Å². The van der Waals surface area contributed by atoms with Gasteiger partial charge in [-0.3, -0.25) is 13.8 Å². The first kappa shape index (κ1) is 21.1. The van der Waals surface area contributed by atoms with Crippen LogP contribution in [0, 0.1) is 24.7 Å². The van der Waals surface area contributed by atoms with Crippen molar-refractivity contribution in [3.8, 4) is 10.7 Å². The normalized spacial score (nSPS) is 22.9. The van der Waals surface area contributed by atoms with Gasteiger partial charge in [-0.15, -0.1) is 21.5 Å². The van der Waals surface area contributed by atoms with Crippen LogP contribution in [0.4, 0.5) is 0 Å². The fourth-order valence-corrected chi connectivity index (χ4v) is 7.53. The molecule has 0 aliphatic heterocycles. The Bertz CT molecular complexity index is 1360. The van der Waals surface area contributed by atoms with Crippen molar-refractivity contribution in [2.45, 2.75) is 56.5 Å². The quantitative estimate of drug-likeness (QED) is 0.338. The van der Waals surface area contributed by atoms with Gasteiger partial charge in [-0.1, -0.05) is 30.3 Å². The molecule has 8 heteroatoms. The van der Waals surface area contributed by atoms with Crippen LogP contribution in [0.2, 0.25) is 0 Å². The summed E-state index contributed by atoms with van der Waals surface area (Å²) in [5.74, 6) is 3.96. The molecule has 4 heterocycles. The highest BCUT2D eigenvalue weighted by Gasteiger charge is 2.43. The van der Waals surface area contributed by atoms with Crippen LogP contribution < -0.4 is 5.56 Å². The average molecular weight is 478 g/mol. The molecule has 2 fully saturated rings. The lowest BCUT2D eigenvalue weighted by atomic mass is 9.84. The molecule has 0 amide bonds. The van der Waals surface area contributed by atoms with Gasteiger partial charge in [0.1, 0.15) is 5.65 Å². The molecule has 0 aromatic carbocycles. The molecule has 0 radical (unpaired) electrons. The van der Waals surface area contributed by atoms with Gasteiger partial charge in [0.05, 0.1) is 10.6 Å². The van der Waals surface area contributed by atoms with Gasteiger partial charge in [0.2, 0.25) is 0 Å². The number of hydrogen-bond donors (Lipinski definition) is 0. The SMILES string of the molecule is Cc1cccn2c(=O)cc(CSc3nnc(-c4cccs4)n3C(C)C3CC4CCC3C4)nc12. The second kappa shape index (κ2) is 8.40. The molecule has 170 valence electrons. The van der Waals surface area contributed by atoms with Crippen molar-refractivity contribution in [3.63, 3.8) is 0 Å². The maximum Gasteiger partial charge on any atom is 0.258 e. The summed E-state index contributed by atoms with van der Waals surface area (Å²) in [5, 5.41) is 12.3. The topological polar surface area (TPSA) is 65.1 Å². The summed E-state index contributed by atoms with van der Waals surface area (Å²) in [6, 6.07) is 10.1. The zero-order chi connectivity index (χ0) is 22.5. The fourth-order valence-electron chi connectivity index (χ4n) is 5.91. The number of thioether (sulfide) groups is 1. The van der Waals surface area contributed by atoms with E-state index in [1.54, 1.807) is 39.8 Å². The van der Waals surface area contributed by atoms with Crippen LogP contribution in [0.15, 0.2) is 51.9 Å². The smallest absolute Gasteiger partial charge is 0.258 e. The summed E-state index contributed by atoms with van der Waals surface area (Å²) < 4.78 is 3.97. The van der Waals surface area contributed by atoms with Crippen molar-refractivity contribution < 1.29 is 0 Å². The zero-order valence-corrected chi connectivity index (χ0v) is 20.5. The van der Waals surface area contributed by atoms with Crippen molar-refractivity contribution in [2.24, 2.45) is 17.8 Å². The molecule has 2 saturated carbocycles. The van der Waals surface area contributed by atoms with Crippen molar-refractivity contribution in [1.82, 2.24) is 24.1 Å². The van der Waals surface area contributed by atoms with E-state index in [9.17, 15) is 4.79 Å². The molecule has 4 atom stereocenters. The van der Waals surface area contributed by atoms with Crippen LogP contribution in [0.5, 0.6) is 0 Å². The zero-order valence-electron chi connectivity index (χ0n) is 18.8. The summed E-state index contributed by atoms with van der Waals surface area (Å²) in [6.07, 6.45) is 7.25. The lowest BCUT2D eigenvalue weighted by Crippen LogP contribution is -2.23. The third-order valence-corrected chi connectivity index (χ3v) is 9.36. The molecule has 2 aliphatic rings. The maximum absolute atomic E-state index is 12.6. The third-order valence-electron chi connectivity index (χ3n) is 7.51. The van der Waals surface area contributed by atoms with E-state index in [1.165, 1.54) is 25.7 Å². The van der Waals surface area contributed by atoms with Crippen molar-refractivity contribution in [3.05, 3.63) is 63.5 Å². The van der Waals surface area contributed by atoms with Crippen LogP contribution in [0.1, 0.15) is 49.9 Å². The van der Waals surface area contributed by atoms with Gasteiger partial charge in [0.15, 0.2) is 11.0 Å². The third kappa shape index (κ3) is 3.73. The van der Waals surface area contributed by atoms with Crippen molar-refractivity contribution >= 4 is 28.7 Å². The van der Waals surface area contributed by atoms with Gasteiger partial charge in [-0.05, 0) is 73.9 Å². The number of thiophene rings is 1. The van der Waals surface area contributed by atoms with E-state index >= 15 is 0 Å². The number of nitrogens with zero attached hydrogens (tertiary/aromatic N) is 5. The molecule has 0 N–H and O–H groups in total. The summed E-state index contributed by atoms with van der Waals surface area (Å²) in [4.78, 5) is 18.6. The lowest BCUT2D eigenvalue weighted by Gasteiger charge is -2.30. The Kier molecular flexibility index (Phi) is 5.37. The molecule has 6 rings (SSSR count). The number of fused-ring (bicyclic) bond motifs is 3. The molecular weight excluding hydrogens is 450 g/mol. The van der Waals surface area contributed by atoms with Gasteiger partial charge >= 0.3 is 0 Å². The van der Waals surface area contributed by atoms with Crippen molar-refractivity contribution in [1.29, 1.82) is 0 Å². The van der Waals surface area contributed by atoms with Gasteiger partial charge in [-0.2, -0.15) is 0 Å². The Labute approximate surface area is 201 Å². The summed E-state index contributed by atoms with van der Waals surface area (Å²) in [5.41, 5.74) is 2.45. The summed E-state index contributed by atoms with van der Waals surface area (Å²) in [7, 11) is 0. The first-order chi connectivity index (χ1) is 16.1. The van der Waals surface area contributed by atoms with E-state index < -0.39 is 0 Å². The molecule has 2 aliphatic carbocycles. The highest BCUT2D eigenvalue weighted by molar-refractivity contribution is 7.98. The monoisotopic (exact) mass is 477 g/mol. The highest BCUT2D eigenvalue weighted by Crippen LogP contribution is 2.53. The van der Waals surface area contributed by atoms with E-state index in [4.69, 9.17) is 4.98 Å². The van der Waals surface area contributed by atoms with Crippen LogP contribution in [-0.4, -0.2) is 24.1 Å². The van der Waals surface area contributed by atoms with Crippen LogP contribution in [0.25, 0.3) is 16.3 Å². The van der Waals surface area contributed by atoms with Gasteiger partial charge in [-0.25, -0.2) is 4.98 Å². The Hall–Kier alpha value is -2.45. The molecule has 0 spiro atoms. The molecule has 4 aromatic heterocycles. The van der Waals surface area contributed by atoms with Crippen LogP contribution in [0.3, 0.4) is 0 Å².